The lowest BCUT2D eigenvalue weighted by Crippen LogP contribution is -2.40. The lowest BCUT2D eigenvalue weighted by Gasteiger charge is -2.08. The fourth-order valence-electron chi connectivity index (χ4n) is 1.86. The summed E-state index contributed by atoms with van der Waals surface area (Å²) < 4.78 is 5.58. The fraction of sp³-hybridized carbons (Fsp3) is 0.400. The molecule has 0 unspecified atom stereocenters. The molecule has 118 valence electrons. The van der Waals surface area contributed by atoms with Gasteiger partial charge in [-0.1, -0.05) is 6.07 Å². The largest absolute Gasteiger partial charge is 0.440 e. The van der Waals surface area contributed by atoms with Crippen molar-refractivity contribution in [2.75, 3.05) is 6.54 Å². The number of aromatic nitrogens is 1. The first-order chi connectivity index (χ1) is 10.5. The van der Waals surface area contributed by atoms with E-state index in [9.17, 15) is 9.59 Å². The van der Waals surface area contributed by atoms with Crippen LogP contribution in [0.4, 0.5) is 0 Å². The molecule has 0 aliphatic heterocycles. The van der Waals surface area contributed by atoms with Crippen molar-refractivity contribution >= 4 is 23.2 Å². The monoisotopic (exact) mass is 321 g/mol. The smallest absolute Gasteiger partial charge is 0.239 e. The van der Waals surface area contributed by atoms with Gasteiger partial charge in [0.15, 0.2) is 0 Å². The van der Waals surface area contributed by atoms with Crippen LogP contribution in [0.1, 0.15) is 25.3 Å². The molecular weight excluding hydrogens is 302 g/mol. The Labute approximate surface area is 132 Å². The van der Waals surface area contributed by atoms with Crippen molar-refractivity contribution < 1.29 is 14.0 Å². The summed E-state index contributed by atoms with van der Waals surface area (Å²) >= 11 is 1.53. The van der Waals surface area contributed by atoms with Gasteiger partial charge in [-0.2, -0.15) is 0 Å². The Hall–Kier alpha value is -2.15. The highest BCUT2D eigenvalue weighted by atomic mass is 32.1. The third kappa shape index (κ3) is 4.42. The van der Waals surface area contributed by atoms with Crippen LogP contribution >= 0.6 is 11.3 Å². The van der Waals surface area contributed by atoms with Crippen molar-refractivity contribution in [3.63, 3.8) is 0 Å². The van der Waals surface area contributed by atoms with Gasteiger partial charge in [-0.3, -0.25) is 9.59 Å². The second-order valence-electron chi connectivity index (χ2n) is 5.17. The highest BCUT2D eigenvalue weighted by Crippen LogP contribution is 2.25. The summed E-state index contributed by atoms with van der Waals surface area (Å²) in [6, 6.07) is 3.88. The minimum absolute atomic E-state index is 0.0360. The zero-order valence-electron chi connectivity index (χ0n) is 12.8. The molecule has 0 aliphatic rings. The van der Waals surface area contributed by atoms with E-state index in [2.05, 4.69) is 15.6 Å². The first-order valence-corrected chi connectivity index (χ1v) is 7.90. The Bertz CT molecular complexity index is 647. The van der Waals surface area contributed by atoms with Gasteiger partial charge in [0.25, 0.3) is 0 Å². The van der Waals surface area contributed by atoms with Crippen LogP contribution in [0.25, 0.3) is 10.8 Å². The van der Waals surface area contributed by atoms with E-state index in [4.69, 9.17) is 4.42 Å². The summed E-state index contributed by atoms with van der Waals surface area (Å²) in [5, 5.41) is 7.23. The third-order valence-electron chi connectivity index (χ3n) is 2.85. The summed E-state index contributed by atoms with van der Waals surface area (Å²) in [6.07, 6.45) is 0.0929. The van der Waals surface area contributed by atoms with Gasteiger partial charge in [0.1, 0.15) is 5.76 Å². The number of hydrogen-bond acceptors (Lipinski definition) is 5. The Morgan fingerprint density at radius 1 is 1.36 bits per heavy atom. The number of aryl methyl sites for hydroxylation is 1. The Balaban J connectivity index is 1.91. The van der Waals surface area contributed by atoms with Gasteiger partial charge in [-0.25, -0.2) is 4.98 Å². The number of carbonyl (C=O) groups excluding carboxylic acids is 2. The first kappa shape index (κ1) is 16.2. The minimum atomic E-state index is -0.256. The second kappa shape index (κ2) is 7.22. The maximum atomic E-state index is 11.9. The average Bonchev–Trinajstić information content (AvgIpc) is 3.06. The molecule has 0 bridgehead atoms. The van der Waals surface area contributed by atoms with Gasteiger partial charge in [0, 0.05) is 6.04 Å². The fourth-order valence-corrected chi connectivity index (χ4v) is 2.51. The number of oxazole rings is 1. The summed E-state index contributed by atoms with van der Waals surface area (Å²) in [6.45, 7) is 5.47. The van der Waals surface area contributed by atoms with E-state index < -0.39 is 0 Å². The lowest BCUT2D eigenvalue weighted by atomic mass is 10.2. The molecule has 0 radical (unpaired) electrons. The maximum absolute atomic E-state index is 11.9. The predicted octanol–water partition coefficient (Wildman–Crippen LogP) is 1.89. The average molecular weight is 321 g/mol. The van der Waals surface area contributed by atoms with E-state index in [1.165, 1.54) is 11.3 Å². The van der Waals surface area contributed by atoms with Crippen molar-refractivity contribution in [3.8, 4) is 10.8 Å². The number of hydrogen-bond donors (Lipinski definition) is 2. The molecule has 0 saturated heterocycles. The summed E-state index contributed by atoms with van der Waals surface area (Å²) in [5.74, 6) is 0.672. The van der Waals surface area contributed by atoms with Crippen molar-refractivity contribution in [3.05, 3.63) is 29.0 Å². The van der Waals surface area contributed by atoms with Crippen LogP contribution in [-0.4, -0.2) is 29.4 Å². The summed E-state index contributed by atoms with van der Waals surface area (Å²) in [5.41, 5.74) is 0.588. The van der Waals surface area contributed by atoms with Gasteiger partial charge < -0.3 is 15.1 Å². The van der Waals surface area contributed by atoms with Crippen LogP contribution in [0.2, 0.25) is 0 Å². The summed E-state index contributed by atoms with van der Waals surface area (Å²) in [7, 11) is 0. The van der Waals surface area contributed by atoms with E-state index in [0.29, 0.717) is 17.3 Å². The quantitative estimate of drug-likeness (QED) is 0.851. The van der Waals surface area contributed by atoms with Crippen molar-refractivity contribution in [1.29, 1.82) is 0 Å². The normalized spacial score (nSPS) is 10.7. The van der Waals surface area contributed by atoms with Gasteiger partial charge in [-0.05, 0) is 32.2 Å². The van der Waals surface area contributed by atoms with Crippen LogP contribution < -0.4 is 10.6 Å². The molecule has 0 atom stereocenters. The van der Waals surface area contributed by atoms with Crippen molar-refractivity contribution in [2.24, 2.45) is 0 Å². The molecular formula is C15H19N3O3S. The molecule has 2 heterocycles. The van der Waals surface area contributed by atoms with Crippen LogP contribution in [-0.2, 0) is 16.0 Å². The molecule has 0 aromatic carbocycles. The SMILES string of the molecule is Cc1oc(-c2cccs2)nc1CC(=O)NCC(=O)NC(C)C. The van der Waals surface area contributed by atoms with E-state index in [-0.39, 0.29) is 30.8 Å². The molecule has 0 aliphatic carbocycles. The van der Waals surface area contributed by atoms with E-state index in [1.807, 2.05) is 31.4 Å². The maximum Gasteiger partial charge on any atom is 0.239 e. The molecule has 0 spiro atoms. The van der Waals surface area contributed by atoms with Crippen LogP contribution in [0.15, 0.2) is 21.9 Å². The molecule has 0 saturated carbocycles. The predicted molar refractivity (Wildman–Crippen MR) is 84.5 cm³/mol. The Morgan fingerprint density at radius 3 is 2.77 bits per heavy atom. The molecule has 2 amide bonds. The van der Waals surface area contributed by atoms with Crippen LogP contribution in [0, 0.1) is 6.92 Å². The van der Waals surface area contributed by atoms with E-state index >= 15 is 0 Å². The van der Waals surface area contributed by atoms with Crippen LogP contribution in [0.5, 0.6) is 0 Å². The standard InChI is InChI=1S/C15H19N3O3S/c1-9(2)17-14(20)8-16-13(19)7-11-10(3)21-15(18-11)12-5-4-6-22-12/h4-6,9H,7-8H2,1-3H3,(H,16,19)(H,17,20). The third-order valence-corrected chi connectivity index (χ3v) is 3.71. The number of thiophene rings is 1. The highest BCUT2D eigenvalue weighted by molar-refractivity contribution is 7.13. The number of nitrogens with zero attached hydrogens (tertiary/aromatic N) is 1. The van der Waals surface area contributed by atoms with E-state index in [0.717, 1.165) is 4.88 Å². The van der Waals surface area contributed by atoms with E-state index in [1.54, 1.807) is 6.92 Å². The van der Waals surface area contributed by atoms with Crippen LogP contribution in [0.3, 0.4) is 0 Å². The number of amides is 2. The van der Waals surface area contributed by atoms with Crippen molar-refractivity contribution in [2.45, 2.75) is 33.2 Å². The Morgan fingerprint density at radius 2 is 2.14 bits per heavy atom. The molecule has 2 N–H and O–H groups in total. The molecule has 7 heteroatoms. The van der Waals surface area contributed by atoms with Gasteiger partial charge in [-0.15, -0.1) is 11.3 Å². The Kier molecular flexibility index (Phi) is 5.32. The zero-order valence-corrected chi connectivity index (χ0v) is 13.6. The van der Waals surface area contributed by atoms with Crippen molar-refractivity contribution in [1.82, 2.24) is 15.6 Å². The molecule has 0 fully saturated rings. The molecule has 6 nitrogen and oxygen atoms in total. The number of rotatable bonds is 6. The van der Waals surface area contributed by atoms with Gasteiger partial charge in [0.05, 0.1) is 23.5 Å². The zero-order chi connectivity index (χ0) is 16.1. The van der Waals surface area contributed by atoms with Gasteiger partial charge in [0.2, 0.25) is 17.7 Å². The lowest BCUT2D eigenvalue weighted by molar-refractivity contribution is -0.126. The topological polar surface area (TPSA) is 84.2 Å². The molecule has 2 aromatic rings. The number of nitrogens with one attached hydrogen (secondary N) is 2. The summed E-state index contributed by atoms with van der Waals surface area (Å²) in [4.78, 5) is 28.6. The second-order valence-corrected chi connectivity index (χ2v) is 6.12. The molecule has 2 rings (SSSR count). The van der Waals surface area contributed by atoms with Gasteiger partial charge >= 0.3 is 0 Å². The molecule has 22 heavy (non-hydrogen) atoms. The number of carbonyl (C=O) groups is 2. The molecule has 2 aromatic heterocycles. The highest BCUT2D eigenvalue weighted by Gasteiger charge is 2.15. The first-order valence-electron chi connectivity index (χ1n) is 7.02. The minimum Gasteiger partial charge on any atom is -0.440 e.